The van der Waals surface area contributed by atoms with Crippen LogP contribution in [0.2, 0.25) is 0 Å². The van der Waals surface area contributed by atoms with Crippen LogP contribution in [0.25, 0.3) is 0 Å². The van der Waals surface area contributed by atoms with Crippen LogP contribution >= 0.6 is 0 Å². The molecule has 3 heterocycles. The molecule has 0 aromatic heterocycles. The molecule has 5 heteroatoms. The van der Waals surface area contributed by atoms with Crippen LogP contribution in [0.5, 0.6) is 5.75 Å². The first kappa shape index (κ1) is 17.5. The van der Waals surface area contributed by atoms with Crippen molar-refractivity contribution in [2.24, 2.45) is 5.41 Å². The third-order valence-electron chi connectivity index (χ3n) is 8.09. The summed E-state index contributed by atoms with van der Waals surface area (Å²) in [6, 6.07) is 4.48. The van der Waals surface area contributed by atoms with Crippen molar-refractivity contribution >= 4 is 5.69 Å². The van der Waals surface area contributed by atoms with E-state index in [0.717, 1.165) is 42.9 Å². The molecule has 1 aliphatic carbocycles. The molecule has 0 bridgehead atoms. The van der Waals surface area contributed by atoms with Gasteiger partial charge in [-0.25, -0.2) is 0 Å². The van der Waals surface area contributed by atoms with Gasteiger partial charge in [-0.2, -0.15) is 0 Å². The van der Waals surface area contributed by atoms with Gasteiger partial charge in [-0.3, -0.25) is 4.90 Å². The molecule has 3 aliphatic heterocycles. The summed E-state index contributed by atoms with van der Waals surface area (Å²) < 4.78 is 5.58. The van der Waals surface area contributed by atoms with Crippen molar-refractivity contribution in [2.75, 3.05) is 32.1 Å². The first-order chi connectivity index (χ1) is 12.9. The zero-order chi connectivity index (χ0) is 19.1. The van der Waals surface area contributed by atoms with Gasteiger partial charge < -0.3 is 19.8 Å². The van der Waals surface area contributed by atoms with Gasteiger partial charge in [0.25, 0.3) is 0 Å². The monoisotopic (exact) mass is 370 g/mol. The third kappa shape index (κ3) is 1.81. The Labute approximate surface area is 161 Å². The highest BCUT2D eigenvalue weighted by Crippen LogP contribution is 2.64. The smallest absolute Gasteiger partial charge is 0.123 e. The second kappa shape index (κ2) is 5.49. The Morgan fingerprint density at radius 3 is 2.78 bits per heavy atom. The van der Waals surface area contributed by atoms with Crippen LogP contribution in [0.4, 0.5) is 5.69 Å². The quantitative estimate of drug-likeness (QED) is 0.778. The Kier molecular flexibility index (Phi) is 3.57. The van der Waals surface area contributed by atoms with Gasteiger partial charge in [0.15, 0.2) is 0 Å². The van der Waals surface area contributed by atoms with Gasteiger partial charge in [-0.05, 0) is 43.5 Å². The van der Waals surface area contributed by atoms with Crippen LogP contribution in [-0.2, 0) is 5.41 Å². The predicted octanol–water partition coefficient (Wildman–Crippen LogP) is 1.84. The summed E-state index contributed by atoms with van der Waals surface area (Å²) in [5.41, 5.74) is 3.02. The van der Waals surface area contributed by atoms with E-state index in [4.69, 9.17) is 4.74 Å². The number of hydrogen-bond donors (Lipinski definition) is 2. The van der Waals surface area contributed by atoms with E-state index in [1.165, 1.54) is 5.56 Å². The summed E-state index contributed by atoms with van der Waals surface area (Å²) >= 11 is 0. The number of aliphatic hydroxyl groups excluding tert-OH is 2. The molecule has 27 heavy (non-hydrogen) atoms. The fourth-order valence-corrected chi connectivity index (χ4v) is 7.05. The average molecular weight is 370 g/mol. The molecule has 6 atom stereocenters. The van der Waals surface area contributed by atoms with Crippen molar-refractivity contribution in [3.05, 3.63) is 35.4 Å². The van der Waals surface area contributed by atoms with Gasteiger partial charge in [0.05, 0.1) is 19.3 Å². The van der Waals surface area contributed by atoms with Gasteiger partial charge in [-0.15, -0.1) is 0 Å². The predicted molar refractivity (Wildman–Crippen MR) is 105 cm³/mol. The normalized spacial score (nSPS) is 42.1. The van der Waals surface area contributed by atoms with Crippen LogP contribution < -0.4 is 9.64 Å². The Morgan fingerprint density at radius 2 is 2.07 bits per heavy atom. The number of nitrogens with zero attached hydrogens (tertiary/aromatic N) is 2. The fourth-order valence-electron chi connectivity index (χ4n) is 7.05. The number of methoxy groups -OCH3 is 1. The number of aliphatic hydroxyl groups is 2. The SMILES string of the molecule is CC[C@]12C=CCN3CCC4(c5cc(C)c(OC)cc5N(C)C4[C@H](O)[C@@H]1O)C32. The lowest BCUT2D eigenvalue weighted by molar-refractivity contribution is -0.139. The topological polar surface area (TPSA) is 56.2 Å². The average Bonchev–Trinajstić information content (AvgIpc) is 3.17. The number of fused-ring (bicyclic) bond motifs is 1. The number of rotatable bonds is 2. The number of benzene rings is 1. The van der Waals surface area contributed by atoms with Crippen LogP contribution in [0.1, 0.15) is 30.9 Å². The molecule has 4 aliphatic rings. The highest BCUT2D eigenvalue weighted by atomic mass is 16.5. The molecule has 0 radical (unpaired) electrons. The van der Waals surface area contributed by atoms with Gasteiger partial charge >= 0.3 is 0 Å². The van der Waals surface area contributed by atoms with Crippen molar-refractivity contribution in [1.82, 2.24) is 4.90 Å². The van der Waals surface area contributed by atoms with Crippen LogP contribution in [0.3, 0.4) is 0 Å². The summed E-state index contributed by atoms with van der Waals surface area (Å²) in [5.74, 6) is 0.880. The van der Waals surface area contributed by atoms with Gasteiger partial charge in [0, 0.05) is 42.2 Å². The molecule has 1 aromatic carbocycles. The number of hydrogen-bond acceptors (Lipinski definition) is 5. The van der Waals surface area contributed by atoms with E-state index >= 15 is 0 Å². The fraction of sp³-hybridized carbons (Fsp3) is 0.636. The van der Waals surface area contributed by atoms with Crippen molar-refractivity contribution in [3.8, 4) is 5.75 Å². The van der Waals surface area contributed by atoms with E-state index in [-0.39, 0.29) is 17.5 Å². The van der Waals surface area contributed by atoms with Crippen LogP contribution in [0.15, 0.2) is 24.3 Å². The zero-order valence-electron chi connectivity index (χ0n) is 16.6. The number of anilines is 1. The van der Waals surface area contributed by atoms with Crippen molar-refractivity contribution in [1.29, 1.82) is 0 Å². The van der Waals surface area contributed by atoms with Crippen molar-refractivity contribution in [3.63, 3.8) is 0 Å². The molecule has 5 nitrogen and oxygen atoms in total. The largest absolute Gasteiger partial charge is 0.496 e. The maximum atomic E-state index is 11.4. The molecular formula is C22H30N2O3. The Bertz CT molecular complexity index is 824. The minimum Gasteiger partial charge on any atom is -0.496 e. The second-order valence-corrected chi connectivity index (χ2v) is 8.89. The number of ether oxygens (including phenoxy) is 1. The summed E-state index contributed by atoms with van der Waals surface area (Å²) in [6.07, 6.45) is 4.69. The minimum atomic E-state index is -0.785. The molecule has 1 saturated carbocycles. The Hall–Kier alpha value is -1.56. The molecule has 1 spiro atoms. The van der Waals surface area contributed by atoms with Crippen molar-refractivity contribution < 1.29 is 14.9 Å². The van der Waals surface area contributed by atoms with Crippen LogP contribution in [-0.4, -0.2) is 66.7 Å². The minimum absolute atomic E-state index is 0.116. The third-order valence-corrected chi connectivity index (χ3v) is 8.09. The lowest BCUT2D eigenvalue weighted by Gasteiger charge is -2.60. The molecule has 5 rings (SSSR count). The summed E-state index contributed by atoms with van der Waals surface area (Å²) in [5, 5.41) is 22.7. The highest BCUT2D eigenvalue weighted by Gasteiger charge is 2.72. The van der Waals surface area contributed by atoms with E-state index in [0.29, 0.717) is 0 Å². The standard InChI is InChI=1S/C22H30N2O3/c1-5-21-7-6-9-24-10-8-22(20(21)24)14-11-13(2)16(27-4)12-15(14)23(3)18(22)17(25)19(21)26/h6-7,11-12,17-20,25-26H,5,8-10H2,1-4H3/t17-,18?,19-,20?,21-,22?/m0/s1. The lowest BCUT2D eigenvalue weighted by atomic mass is 9.51. The summed E-state index contributed by atoms with van der Waals surface area (Å²) in [7, 11) is 3.77. The maximum Gasteiger partial charge on any atom is 0.123 e. The molecule has 2 N–H and O–H groups in total. The molecule has 2 fully saturated rings. The molecule has 3 unspecified atom stereocenters. The summed E-state index contributed by atoms with van der Waals surface area (Å²) in [6.45, 7) is 6.18. The molecular weight excluding hydrogens is 340 g/mol. The Balaban J connectivity index is 1.80. The molecule has 0 amide bonds. The lowest BCUT2D eigenvalue weighted by Crippen LogP contribution is -2.73. The van der Waals surface area contributed by atoms with E-state index in [9.17, 15) is 10.2 Å². The molecule has 146 valence electrons. The maximum absolute atomic E-state index is 11.4. The van der Waals surface area contributed by atoms with E-state index in [1.54, 1.807) is 7.11 Å². The first-order valence-corrected chi connectivity index (χ1v) is 10.1. The van der Waals surface area contributed by atoms with Gasteiger partial charge in [0.2, 0.25) is 0 Å². The van der Waals surface area contributed by atoms with E-state index in [1.807, 2.05) is 0 Å². The van der Waals surface area contributed by atoms with E-state index < -0.39 is 17.6 Å². The second-order valence-electron chi connectivity index (χ2n) is 8.89. The zero-order valence-corrected chi connectivity index (χ0v) is 16.6. The first-order valence-electron chi connectivity index (χ1n) is 10.1. The Morgan fingerprint density at radius 1 is 1.30 bits per heavy atom. The van der Waals surface area contributed by atoms with Crippen LogP contribution in [0, 0.1) is 12.3 Å². The summed E-state index contributed by atoms with van der Waals surface area (Å²) in [4.78, 5) is 4.74. The molecule has 1 aromatic rings. The van der Waals surface area contributed by atoms with Crippen molar-refractivity contribution in [2.45, 2.75) is 56.4 Å². The molecule has 1 saturated heterocycles. The number of aryl methyl sites for hydroxylation is 1. The van der Waals surface area contributed by atoms with Gasteiger partial charge in [0.1, 0.15) is 11.9 Å². The van der Waals surface area contributed by atoms with E-state index in [2.05, 4.69) is 55.0 Å². The van der Waals surface area contributed by atoms with Gasteiger partial charge in [-0.1, -0.05) is 19.1 Å². The highest BCUT2D eigenvalue weighted by molar-refractivity contribution is 5.70. The number of likely N-dealkylation sites (N-methyl/N-ethyl adjacent to an activating group) is 1.